The van der Waals surface area contributed by atoms with Crippen molar-refractivity contribution in [3.05, 3.63) is 115 Å². The van der Waals surface area contributed by atoms with Gasteiger partial charge in [0.1, 0.15) is 28.6 Å². The van der Waals surface area contributed by atoms with Crippen LogP contribution in [0.25, 0.3) is 0 Å². The topological polar surface area (TPSA) is 0 Å². The van der Waals surface area contributed by atoms with Crippen LogP contribution in [-0.2, 0) is 0 Å². The standard InChI is InChI=1S/C27H22F6P/c28-26(29,30)21-11-10-18-25(19-21,27(31,32)33)20-34(22-12-4-1-5-13-22,23-14-6-2-7-15-23)24-16-8-3-9-17-24/h1-18H,19-20H2/q+1. The number of rotatable bonds is 5. The molecule has 0 N–H and O–H groups in total. The summed E-state index contributed by atoms with van der Waals surface area (Å²) >= 11 is 0. The smallest absolute Gasteiger partial charge is 0.170 e. The SMILES string of the molecule is FC(F)(F)C1=CC=CC(C[P+](c2ccccc2)(c2ccccc2)c2ccccc2)(C(F)(F)F)C1. The number of hydrogen-bond acceptors (Lipinski definition) is 0. The van der Waals surface area contributed by atoms with Crippen LogP contribution in [-0.4, -0.2) is 18.5 Å². The summed E-state index contributed by atoms with van der Waals surface area (Å²) in [4.78, 5) is 0. The molecular formula is C27H22F6P+. The van der Waals surface area contributed by atoms with Gasteiger partial charge in [-0.1, -0.05) is 72.8 Å². The maximum atomic E-state index is 14.8. The van der Waals surface area contributed by atoms with Gasteiger partial charge in [-0.2, -0.15) is 26.3 Å². The van der Waals surface area contributed by atoms with E-state index in [0.29, 0.717) is 15.9 Å². The van der Waals surface area contributed by atoms with Crippen molar-refractivity contribution < 1.29 is 26.3 Å². The van der Waals surface area contributed by atoms with Crippen molar-refractivity contribution in [1.82, 2.24) is 0 Å². The van der Waals surface area contributed by atoms with Crippen molar-refractivity contribution >= 4 is 23.2 Å². The molecule has 7 heteroatoms. The highest BCUT2D eigenvalue weighted by molar-refractivity contribution is 7.95. The summed E-state index contributed by atoms with van der Waals surface area (Å²) in [7, 11) is -3.03. The fourth-order valence-electron chi connectivity index (χ4n) is 4.59. The van der Waals surface area contributed by atoms with Crippen LogP contribution in [0.15, 0.2) is 115 Å². The fraction of sp³-hybridized carbons (Fsp3) is 0.185. The Bertz CT molecular complexity index is 1070. The lowest BCUT2D eigenvalue weighted by Gasteiger charge is -2.40. The number of benzene rings is 3. The second kappa shape index (κ2) is 9.07. The van der Waals surface area contributed by atoms with Crippen LogP contribution in [0, 0.1) is 5.41 Å². The lowest BCUT2D eigenvalue weighted by molar-refractivity contribution is -0.202. The molecule has 0 radical (unpaired) electrons. The Hall–Kier alpha value is -2.85. The Balaban J connectivity index is 2.01. The molecule has 176 valence electrons. The maximum absolute atomic E-state index is 14.8. The first-order valence-electron chi connectivity index (χ1n) is 10.7. The molecule has 1 atom stereocenters. The molecule has 0 aromatic heterocycles. The third-order valence-electron chi connectivity index (χ3n) is 6.26. The number of allylic oxidation sites excluding steroid dienone is 4. The van der Waals surface area contributed by atoms with E-state index in [4.69, 9.17) is 0 Å². The Kier molecular flexibility index (Phi) is 6.48. The zero-order valence-electron chi connectivity index (χ0n) is 18.0. The quantitative estimate of drug-likeness (QED) is 0.267. The molecule has 1 unspecified atom stereocenters. The van der Waals surface area contributed by atoms with Crippen LogP contribution in [0.4, 0.5) is 26.3 Å². The zero-order valence-corrected chi connectivity index (χ0v) is 18.9. The lowest BCUT2D eigenvalue weighted by atomic mass is 9.79. The van der Waals surface area contributed by atoms with Crippen LogP contribution in [0.1, 0.15) is 6.42 Å². The van der Waals surface area contributed by atoms with Crippen molar-refractivity contribution in [2.45, 2.75) is 18.8 Å². The van der Waals surface area contributed by atoms with E-state index < -0.39 is 43.2 Å². The van der Waals surface area contributed by atoms with Crippen molar-refractivity contribution in [2.75, 3.05) is 6.16 Å². The Morgan fingerprint density at radius 2 is 1.06 bits per heavy atom. The number of halogens is 6. The molecule has 0 nitrogen and oxygen atoms in total. The van der Waals surface area contributed by atoms with E-state index >= 15 is 0 Å². The number of alkyl halides is 6. The van der Waals surface area contributed by atoms with Gasteiger partial charge in [0.25, 0.3) is 0 Å². The molecule has 34 heavy (non-hydrogen) atoms. The molecule has 0 bridgehead atoms. The highest BCUT2D eigenvalue weighted by Crippen LogP contribution is 2.64. The Labute approximate surface area is 195 Å². The molecule has 3 aromatic carbocycles. The van der Waals surface area contributed by atoms with Gasteiger partial charge in [-0.05, 0) is 42.8 Å². The van der Waals surface area contributed by atoms with E-state index in [2.05, 4.69) is 0 Å². The summed E-state index contributed by atoms with van der Waals surface area (Å²) in [5, 5.41) is 2.06. The summed E-state index contributed by atoms with van der Waals surface area (Å²) in [5.41, 5.74) is -3.85. The second-order valence-electron chi connectivity index (χ2n) is 8.35. The molecule has 0 heterocycles. The third kappa shape index (κ3) is 4.44. The van der Waals surface area contributed by atoms with E-state index in [1.165, 1.54) is 0 Å². The van der Waals surface area contributed by atoms with Gasteiger partial charge >= 0.3 is 12.4 Å². The first kappa shape index (κ1) is 24.3. The summed E-state index contributed by atoms with van der Waals surface area (Å²) in [6.07, 6.45) is -8.80. The average Bonchev–Trinajstić information content (AvgIpc) is 2.83. The third-order valence-corrected chi connectivity index (χ3v) is 10.8. The summed E-state index contributed by atoms with van der Waals surface area (Å²) in [5.74, 6) is 0. The number of hydrogen-bond donors (Lipinski definition) is 0. The minimum atomic E-state index is -4.89. The van der Waals surface area contributed by atoms with Gasteiger partial charge < -0.3 is 0 Å². The van der Waals surface area contributed by atoms with Crippen LogP contribution in [0.3, 0.4) is 0 Å². The molecule has 4 rings (SSSR count). The van der Waals surface area contributed by atoms with Gasteiger partial charge in [0.15, 0.2) is 0 Å². The molecular weight excluding hydrogens is 469 g/mol. The van der Waals surface area contributed by atoms with Gasteiger partial charge in [0, 0.05) is 5.57 Å². The highest BCUT2D eigenvalue weighted by Gasteiger charge is 2.63. The van der Waals surface area contributed by atoms with Gasteiger partial charge in [-0.25, -0.2) is 0 Å². The predicted molar refractivity (Wildman–Crippen MR) is 126 cm³/mol. The molecule has 0 spiro atoms. The van der Waals surface area contributed by atoms with Gasteiger partial charge in [0.05, 0.1) is 6.16 Å². The first-order chi connectivity index (χ1) is 16.1. The maximum Gasteiger partial charge on any atom is 0.412 e. The van der Waals surface area contributed by atoms with Gasteiger partial charge in [-0.3, -0.25) is 0 Å². The van der Waals surface area contributed by atoms with Crippen molar-refractivity contribution in [3.63, 3.8) is 0 Å². The minimum absolute atomic E-state index is 0.508. The van der Waals surface area contributed by atoms with Crippen molar-refractivity contribution in [3.8, 4) is 0 Å². The molecule has 1 aliphatic carbocycles. The fourth-order valence-corrected chi connectivity index (χ4v) is 9.31. The zero-order chi connectivity index (χ0) is 24.5. The summed E-state index contributed by atoms with van der Waals surface area (Å²) < 4.78 is 85.3. The monoisotopic (exact) mass is 491 g/mol. The Morgan fingerprint density at radius 3 is 1.41 bits per heavy atom. The molecule has 0 fully saturated rings. The predicted octanol–water partition coefficient (Wildman–Crippen LogP) is 6.98. The second-order valence-corrected chi connectivity index (χ2v) is 11.8. The molecule has 0 aliphatic heterocycles. The van der Waals surface area contributed by atoms with Crippen molar-refractivity contribution in [2.24, 2.45) is 5.41 Å². The van der Waals surface area contributed by atoms with E-state index in [1.807, 2.05) is 0 Å². The summed E-state index contributed by atoms with van der Waals surface area (Å²) in [6.45, 7) is 0. The van der Waals surface area contributed by atoms with Crippen LogP contribution < -0.4 is 15.9 Å². The molecule has 3 aromatic rings. The minimum Gasteiger partial charge on any atom is -0.170 e. The van der Waals surface area contributed by atoms with Crippen molar-refractivity contribution in [1.29, 1.82) is 0 Å². The lowest BCUT2D eigenvalue weighted by Crippen LogP contribution is -2.47. The Morgan fingerprint density at radius 1 is 0.647 bits per heavy atom. The van der Waals surface area contributed by atoms with E-state index in [1.54, 1.807) is 91.0 Å². The van der Waals surface area contributed by atoms with Gasteiger partial charge in [-0.15, -0.1) is 0 Å². The van der Waals surface area contributed by atoms with Crippen LogP contribution in [0.2, 0.25) is 0 Å². The normalized spacial score (nSPS) is 19.1. The molecule has 0 saturated heterocycles. The summed E-state index contributed by atoms with van der Waals surface area (Å²) in [6, 6.07) is 26.6. The van der Waals surface area contributed by atoms with E-state index in [9.17, 15) is 26.3 Å². The average molecular weight is 491 g/mol. The van der Waals surface area contributed by atoms with E-state index in [-0.39, 0.29) is 0 Å². The van der Waals surface area contributed by atoms with Crippen LogP contribution in [0.5, 0.6) is 0 Å². The molecule has 1 aliphatic rings. The highest BCUT2D eigenvalue weighted by atomic mass is 31.2. The van der Waals surface area contributed by atoms with Gasteiger partial charge in [0.2, 0.25) is 0 Å². The van der Waals surface area contributed by atoms with Crippen LogP contribution >= 0.6 is 7.26 Å². The van der Waals surface area contributed by atoms with E-state index in [0.717, 1.165) is 18.2 Å². The molecule has 0 amide bonds. The first-order valence-corrected chi connectivity index (χ1v) is 12.6. The largest absolute Gasteiger partial charge is 0.412 e. The molecule has 0 saturated carbocycles.